The van der Waals surface area contributed by atoms with Crippen LogP contribution in [-0.4, -0.2) is 27.0 Å². The van der Waals surface area contributed by atoms with Gasteiger partial charge < -0.3 is 5.32 Å². The molecule has 1 fully saturated rings. The monoisotopic (exact) mass is 346 g/mol. The molecule has 0 unspecified atom stereocenters. The van der Waals surface area contributed by atoms with Gasteiger partial charge in [-0.05, 0) is 57.5 Å². The van der Waals surface area contributed by atoms with E-state index in [0.717, 1.165) is 36.0 Å². The Morgan fingerprint density at radius 2 is 1.95 bits per heavy atom. The molecule has 0 aliphatic carbocycles. The highest BCUT2D eigenvalue weighted by atomic mass is 79.9. The normalized spacial score (nSPS) is 19.3. The van der Waals surface area contributed by atoms with Crippen LogP contribution in [0.3, 0.4) is 0 Å². The van der Waals surface area contributed by atoms with E-state index in [1.54, 1.807) is 6.07 Å². The highest BCUT2D eigenvalue weighted by Crippen LogP contribution is 2.25. The summed E-state index contributed by atoms with van der Waals surface area (Å²) in [5.74, 6) is 0. The zero-order chi connectivity index (χ0) is 14.1. The molecule has 0 atom stereocenters. The minimum atomic E-state index is -3.48. The van der Waals surface area contributed by atoms with Gasteiger partial charge in [0.1, 0.15) is 0 Å². The van der Waals surface area contributed by atoms with E-state index in [4.69, 9.17) is 0 Å². The first-order chi connectivity index (χ1) is 8.82. The molecule has 1 aliphatic heterocycles. The Labute approximate surface area is 123 Å². The van der Waals surface area contributed by atoms with Gasteiger partial charge in [0.05, 0.1) is 4.90 Å². The summed E-state index contributed by atoms with van der Waals surface area (Å²) < 4.78 is 28.7. The second-order valence-electron chi connectivity index (χ2n) is 5.33. The van der Waals surface area contributed by atoms with Gasteiger partial charge in [0.25, 0.3) is 0 Å². The van der Waals surface area contributed by atoms with Gasteiger partial charge >= 0.3 is 0 Å². The Bertz CT molecular complexity index is 566. The molecule has 6 heteroatoms. The quantitative estimate of drug-likeness (QED) is 0.881. The molecule has 1 heterocycles. The minimum Gasteiger partial charge on any atom is -0.317 e. The van der Waals surface area contributed by atoms with Crippen LogP contribution in [0.15, 0.2) is 27.6 Å². The molecule has 0 radical (unpaired) electrons. The molecule has 0 aromatic heterocycles. The summed E-state index contributed by atoms with van der Waals surface area (Å²) in [7, 11) is -3.48. The third kappa shape index (κ3) is 3.56. The van der Waals surface area contributed by atoms with Crippen LogP contribution in [0.2, 0.25) is 0 Å². The standard InChI is InChI=1S/C13H19BrN2O2S/c1-10-3-4-11(14)9-12(10)19(17,18)16-13(2)5-7-15-8-6-13/h3-4,9,15-16H,5-8H2,1-2H3. The number of halogens is 1. The van der Waals surface area contributed by atoms with E-state index in [1.807, 2.05) is 26.0 Å². The predicted octanol–water partition coefficient (Wildman–Crippen LogP) is 2.18. The molecule has 0 amide bonds. The lowest BCUT2D eigenvalue weighted by Crippen LogP contribution is -2.52. The average Bonchev–Trinajstić information content (AvgIpc) is 2.31. The number of nitrogens with one attached hydrogen (secondary N) is 2. The van der Waals surface area contributed by atoms with Crippen LogP contribution in [0, 0.1) is 6.92 Å². The SMILES string of the molecule is Cc1ccc(Br)cc1S(=O)(=O)NC1(C)CCNCC1. The molecular formula is C13H19BrN2O2S. The van der Waals surface area contributed by atoms with Gasteiger partial charge in [-0.15, -0.1) is 0 Å². The minimum absolute atomic E-state index is 0.349. The van der Waals surface area contributed by atoms with Gasteiger partial charge in [-0.25, -0.2) is 13.1 Å². The van der Waals surface area contributed by atoms with Gasteiger partial charge in [-0.3, -0.25) is 0 Å². The summed E-state index contributed by atoms with van der Waals surface area (Å²) in [5.41, 5.74) is 0.395. The Hall–Kier alpha value is -0.430. The van der Waals surface area contributed by atoms with E-state index < -0.39 is 10.0 Å². The summed E-state index contributed by atoms with van der Waals surface area (Å²) in [6, 6.07) is 5.31. The molecule has 0 bridgehead atoms. The Kier molecular flexibility index (Phi) is 4.35. The fraction of sp³-hybridized carbons (Fsp3) is 0.538. The maximum absolute atomic E-state index is 12.5. The van der Waals surface area contributed by atoms with E-state index in [-0.39, 0.29) is 5.54 Å². The van der Waals surface area contributed by atoms with Crippen LogP contribution in [0.5, 0.6) is 0 Å². The van der Waals surface area contributed by atoms with Gasteiger partial charge in [-0.1, -0.05) is 22.0 Å². The maximum atomic E-state index is 12.5. The summed E-state index contributed by atoms with van der Waals surface area (Å²) in [4.78, 5) is 0.349. The van der Waals surface area contributed by atoms with Crippen molar-refractivity contribution >= 4 is 26.0 Å². The summed E-state index contributed by atoms with van der Waals surface area (Å²) in [6.45, 7) is 5.47. The van der Waals surface area contributed by atoms with Crippen LogP contribution in [0.1, 0.15) is 25.3 Å². The number of sulfonamides is 1. The van der Waals surface area contributed by atoms with Gasteiger partial charge in [0.15, 0.2) is 0 Å². The van der Waals surface area contributed by atoms with Crippen molar-refractivity contribution in [3.63, 3.8) is 0 Å². The van der Waals surface area contributed by atoms with Crippen molar-refractivity contribution < 1.29 is 8.42 Å². The first-order valence-corrected chi connectivity index (χ1v) is 8.61. The topological polar surface area (TPSA) is 58.2 Å². The molecule has 19 heavy (non-hydrogen) atoms. The summed E-state index contributed by atoms with van der Waals surface area (Å²) in [6.07, 6.45) is 1.61. The number of benzene rings is 1. The van der Waals surface area contributed by atoms with Crippen molar-refractivity contribution in [2.24, 2.45) is 0 Å². The smallest absolute Gasteiger partial charge is 0.241 e. The van der Waals surface area contributed by atoms with Crippen molar-refractivity contribution in [3.8, 4) is 0 Å². The molecule has 0 spiro atoms. The van der Waals surface area contributed by atoms with Crippen LogP contribution in [-0.2, 0) is 10.0 Å². The van der Waals surface area contributed by atoms with Crippen LogP contribution in [0.4, 0.5) is 0 Å². The fourth-order valence-corrected chi connectivity index (χ4v) is 4.57. The zero-order valence-electron chi connectivity index (χ0n) is 11.2. The van der Waals surface area contributed by atoms with Crippen molar-refractivity contribution in [2.45, 2.75) is 37.1 Å². The fourth-order valence-electron chi connectivity index (χ4n) is 2.32. The van der Waals surface area contributed by atoms with E-state index in [1.165, 1.54) is 0 Å². The lowest BCUT2D eigenvalue weighted by atomic mass is 9.92. The highest BCUT2D eigenvalue weighted by molar-refractivity contribution is 9.10. The number of hydrogen-bond donors (Lipinski definition) is 2. The van der Waals surface area contributed by atoms with Gasteiger partial charge in [0.2, 0.25) is 10.0 Å². The molecule has 1 aromatic carbocycles. The van der Waals surface area contributed by atoms with Crippen LogP contribution in [0.25, 0.3) is 0 Å². The molecule has 1 aromatic rings. The molecule has 106 valence electrons. The average molecular weight is 347 g/mol. The van der Waals surface area contributed by atoms with E-state index >= 15 is 0 Å². The molecule has 1 aliphatic rings. The molecule has 4 nitrogen and oxygen atoms in total. The van der Waals surface area contributed by atoms with Crippen molar-refractivity contribution in [1.82, 2.24) is 10.0 Å². The van der Waals surface area contributed by atoms with Crippen molar-refractivity contribution in [2.75, 3.05) is 13.1 Å². The predicted molar refractivity (Wildman–Crippen MR) is 79.7 cm³/mol. The molecular weight excluding hydrogens is 328 g/mol. The number of rotatable bonds is 3. The lowest BCUT2D eigenvalue weighted by Gasteiger charge is -2.34. The van der Waals surface area contributed by atoms with Crippen molar-refractivity contribution in [1.29, 1.82) is 0 Å². The van der Waals surface area contributed by atoms with E-state index in [2.05, 4.69) is 26.0 Å². The first kappa shape index (κ1) is 15.0. The number of aryl methyl sites for hydroxylation is 1. The van der Waals surface area contributed by atoms with E-state index in [9.17, 15) is 8.42 Å². The second kappa shape index (κ2) is 5.52. The van der Waals surface area contributed by atoms with E-state index in [0.29, 0.717) is 4.90 Å². The maximum Gasteiger partial charge on any atom is 0.241 e. The first-order valence-electron chi connectivity index (χ1n) is 6.33. The molecule has 2 N–H and O–H groups in total. The summed E-state index contributed by atoms with van der Waals surface area (Å²) >= 11 is 3.33. The van der Waals surface area contributed by atoms with Crippen LogP contribution < -0.4 is 10.0 Å². The lowest BCUT2D eigenvalue weighted by molar-refractivity contribution is 0.308. The number of piperidine rings is 1. The zero-order valence-corrected chi connectivity index (χ0v) is 13.6. The Morgan fingerprint density at radius 3 is 2.58 bits per heavy atom. The van der Waals surface area contributed by atoms with Crippen molar-refractivity contribution in [3.05, 3.63) is 28.2 Å². The molecule has 2 rings (SSSR count). The Balaban J connectivity index is 2.29. The molecule has 1 saturated heterocycles. The summed E-state index contributed by atoms with van der Waals surface area (Å²) in [5, 5.41) is 3.24. The van der Waals surface area contributed by atoms with Gasteiger partial charge in [-0.2, -0.15) is 0 Å². The second-order valence-corrected chi connectivity index (χ2v) is 7.89. The third-order valence-electron chi connectivity index (χ3n) is 3.53. The largest absolute Gasteiger partial charge is 0.317 e. The highest BCUT2D eigenvalue weighted by Gasteiger charge is 2.32. The molecule has 0 saturated carbocycles. The number of hydrogen-bond acceptors (Lipinski definition) is 3. The Morgan fingerprint density at radius 1 is 1.32 bits per heavy atom. The van der Waals surface area contributed by atoms with Gasteiger partial charge in [0, 0.05) is 10.0 Å². The third-order valence-corrected chi connectivity index (χ3v) is 5.80. The van der Waals surface area contributed by atoms with Crippen LogP contribution >= 0.6 is 15.9 Å².